The lowest BCUT2D eigenvalue weighted by atomic mass is 9.78. The number of carbonyl (C=O) groups excluding carboxylic acids is 1. The van der Waals surface area contributed by atoms with Crippen LogP contribution in [0.3, 0.4) is 0 Å². The van der Waals surface area contributed by atoms with Crippen molar-refractivity contribution >= 4 is 11.6 Å². The minimum atomic E-state index is 0.0347. The third-order valence-electron chi connectivity index (χ3n) is 4.76. The Balaban J connectivity index is 1.46. The first-order valence-electron chi connectivity index (χ1n) is 8.33. The number of amides is 1. The number of hydrogen-bond donors (Lipinski definition) is 2. The van der Waals surface area contributed by atoms with Crippen molar-refractivity contribution in [2.45, 2.75) is 56.6 Å². The lowest BCUT2D eigenvalue weighted by Crippen LogP contribution is -2.50. The first-order chi connectivity index (χ1) is 10.8. The van der Waals surface area contributed by atoms with Gasteiger partial charge in [-0.1, -0.05) is 19.3 Å². The highest BCUT2D eigenvalue weighted by molar-refractivity contribution is 5.80. The van der Waals surface area contributed by atoms with Crippen molar-refractivity contribution in [1.82, 2.24) is 10.3 Å². The number of ether oxygens (including phenoxy) is 1. The van der Waals surface area contributed by atoms with Crippen LogP contribution < -0.4 is 10.6 Å². The number of pyridine rings is 1. The van der Waals surface area contributed by atoms with E-state index in [1.807, 2.05) is 12.1 Å². The molecule has 3 rings (SSSR count). The number of nitrogens with zero attached hydrogens (tertiary/aromatic N) is 1. The van der Waals surface area contributed by atoms with E-state index < -0.39 is 0 Å². The Labute approximate surface area is 131 Å². The van der Waals surface area contributed by atoms with Crippen molar-refractivity contribution in [1.29, 1.82) is 0 Å². The molecule has 2 heterocycles. The van der Waals surface area contributed by atoms with Gasteiger partial charge in [0, 0.05) is 30.7 Å². The summed E-state index contributed by atoms with van der Waals surface area (Å²) >= 11 is 0. The summed E-state index contributed by atoms with van der Waals surface area (Å²) in [4.78, 5) is 16.1. The van der Waals surface area contributed by atoms with Crippen LogP contribution in [0.15, 0.2) is 24.5 Å². The largest absolute Gasteiger partial charge is 0.376 e. The number of nitrogens with one attached hydrogen (secondary N) is 2. The molecule has 1 aromatic rings. The van der Waals surface area contributed by atoms with Crippen molar-refractivity contribution < 1.29 is 9.53 Å². The van der Waals surface area contributed by atoms with E-state index in [0.717, 1.165) is 38.0 Å². The van der Waals surface area contributed by atoms with Crippen LogP contribution >= 0.6 is 0 Å². The average Bonchev–Trinajstić information content (AvgIpc) is 2.55. The highest BCUT2D eigenvalue weighted by Crippen LogP contribution is 2.38. The molecule has 1 amide bonds. The highest BCUT2D eigenvalue weighted by atomic mass is 16.5. The number of carbonyl (C=O) groups is 1. The van der Waals surface area contributed by atoms with Gasteiger partial charge >= 0.3 is 0 Å². The normalized spacial score (nSPS) is 23.9. The number of rotatable bonds is 4. The van der Waals surface area contributed by atoms with E-state index in [2.05, 4.69) is 15.6 Å². The summed E-state index contributed by atoms with van der Waals surface area (Å²) in [5, 5.41) is 6.29. The molecule has 2 aliphatic rings. The Morgan fingerprint density at radius 3 is 2.82 bits per heavy atom. The van der Waals surface area contributed by atoms with Crippen LogP contribution in [0.2, 0.25) is 0 Å². The molecule has 2 N–H and O–H groups in total. The van der Waals surface area contributed by atoms with Crippen molar-refractivity contribution in [3.63, 3.8) is 0 Å². The fourth-order valence-corrected chi connectivity index (χ4v) is 3.63. The Morgan fingerprint density at radius 2 is 2.05 bits per heavy atom. The van der Waals surface area contributed by atoms with E-state index in [-0.39, 0.29) is 17.6 Å². The van der Waals surface area contributed by atoms with Crippen molar-refractivity contribution in [3.8, 4) is 0 Å². The second kappa shape index (κ2) is 7.09. The van der Waals surface area contributed by atoms with Crippen LogP contribution in [0.5, 0.6) is 0 Å². The summed E-state index contributed by atoms with van der Waals surface area (Å²) in [6.45, 7) is 1.07. The van der Waals surface area contributed by atoms with E-state index in [0.29, 0.717) is 6.54 Å². The van der Waals surface area contributed by atoms with Crippen molar-refractivity contribution in [2.24, 2.45) is 0 Å². The molecule has 1 aliphatic carbocycles. The van der Waals surface area contributed by atoms with E-state index >= 15 is 0 Å². The fraction of sp³-hybridized carbons (Fsp3) is 0.647. The second-order valence-electron chi connectivity index (χ2n) is 6.44. The molecule has 5 nitrogen and oxygen atoms in total. The van der Waals surface area contributed by atoms with Crippen LogP contribution in [0.1, 0.15) is 44.9 Å². The highest BCUT2D eigenvalue weighted by Gasteiger charge is 2.38. The molecule has 22 heavy (non-hydrogen) atoms. The third-order valence-corrected chi connectivity index (χ3v) is 4.76. The van der Waals surface area contributed by atoms with E-state index in [1.54, 1.807) is 12.4 Å². The Hall–Kier alpha value is -1.62. The van der Waals surface area contributed by atoms with Gasteiger partial charge in [0.15, 0.2) is 0 Å². The van der Waals surface area contributed by atoms with Gasteiger partial charge in [0.05, 0.1) is 12.1 Å². The topological polar surface area (TPSA) is 63.2 Å². The van der Waals surface area contributed by atoms with Gasteiger partial charge < -0.3 is 15.4 Å². The summed E-state index contributed by atoms with van der Waals surface area (Å²) in [5.41, 5.74) is 0.952. The Bertz CT molecular complexity index is 480. The zero-order valence-corrected chi connectivity index (χ0v) is 13.0. The number of aromatic nitrogens is 1. The summed E-state index contributed by atoms with van der Waals surface area (Å²) in [5.74, 6) is 0.0506. The summed E-state index contributed by atoms with van der Waals surface area (Å²) in [6, 6.07) is 3.97. The summed E-state index contributed by atoms with van der Waals surface area (Å²) < 4.78 is 6.07. The lowest BCUT2D eigenvalue weighted by Gasteiger charge is -2.43. The van der Waals surface area contributed by atoms with E-state index in [9.17, 15) is 4.79 Å². The molecule has 1 saturated heterocycles. The van der Waals surface area contributed by atoms with Gasteiger partial charge in [0.2, 0.25) is 5.91 Å². The molecule has 0 radical (unpaired) electrons. The zero-order valence-electron chi connectivity index (χ0n) is 13.0. The van der Waals surface area contributed by atoms with Gasteiger partial charge in [-0.3, -0.25) is 9.78 Å². The maximum Gasteiger partial charge on any atom is 0.239 e. The molecular formula is C17H25N3O2. The molecule has 120 valence electrons. The van der Waals surface area contributed by atoms with E-state index in [1.165, 1.54) is 19.3 Å². The van der Waals surface area contributed by atoms with Crippen LogP contribution in [-0.4, -0.2) is 35.7 Å². The first kappa shape index (κ1) is 15.3. The van der Waals surface area contributed by atoms with Crippen molar-refractivity contribution in [3.05, 3.63) is 24.5 Å². The molecule has 0 aromatic carbocycles. The minimum Gasteiger partial charge on any atom is -0.376 e. The quantitative estimate of drug-likeness (QED) is 0.897. The van der Waals surface area contributed by atoms with Crippen LogP contribution in [0, 0.1) is 0 Å². The standard InChI is InChI=1S/C17H25N3O2/c21-16(13-19-14-4-9-18-10-5-14)20-15-6-11-22-17(12-15)7-2-1-3-8-17/h4-5,9-10,15H,1-3,6-8,11-13H2,(H,18,19)(H,20,21). The molecule has 2 fully saturated rings. The van der Waals surface area contributed by atoms with Gasteiger partial charge in [0.25, 0.3) is 0 Å². The fourth-order valence-electron chi connectivity index (χ4n) is 3.63. The number of anilines is 1. The summed E-state index contributed by atoms with van der Waals surface area (Å²) in [6.07, 6.45) is 11.4. The lowest BCUT2D eigenvalue weighted by molar-refractivity contribution is -0.127. The molecular weight excluding hydrogens is 278 g/mol. The molecule has 1 atom stereocenters. The molecule has 1 unspecified atom stereocenters. The predicted octanol–water partition coefficient (Wildman–Crippen LogP) is 2.49. The number of hydrogen-bond acceptors (Lipinski definition) is 4. The Kier molecular flexibility index (Phi) is 4.93. The summed E-state index contributed by atoms with van der Waals surface area (Å²) in [7, 11) is 0. The third kappa shape index (κ3) is 3.97. The van der Waals surface area contributed by atoms with Crippen molar-refractivity contribution in [2.75, 3.05) is 18.5 Å². The molecule has 1 saturated carbocycles. The van der Waals surface area contributed by atoms with Gasteiger partial charge in [0.1, 0.15) is 0 Å². The van der Waals surface area contributed by atoms with E-state index in [4.69, 9.17) is 4.74 Å². The molecule has 1 spiro atoms. The maximum absolute atomic E-state index is 12.1. The van der Waals surface area contributed by atoms with Gasteiger partial charge in [-0.05, 0) is 37.8 Å². The minimum absolute atomic E-state index is 0.0347. The maximum atomic E-state index is 12.1. The second-order valence-corrected chi connectivity index (χ2v) is 6.44. The van der Waals surface area contributed by atoms with Gasteiger partial charge in [-0.2, -0.15) is 0 Å². The van der Waals surface area contributed by atoms with Gasteiger partial charge in [-0.15, -0.1) is 0 Å². The molecule has 1 aliphatic heterocycles. The van der Waals surface area contributed by atoms with Crippen LogP contribution in [0.25, 0.3) is 0 Å². The smallest absolute Gasteiger partial charge is 0.239 e. The Morgan fingerprint density at radius 1 is 1.27 bits per heavy atom. The van der Waals surface area contributed by atoms with Gasteiger partial charge in [-0.25, -0.2) is 0 Å². The van der Waals surface area contributed by atoms with Crippen LogP contribution in [0.4, 0.5) is 5.69 Å². The predicted molar refractivity (Wildman–Crippen MR) is 85.7 cm³/mol. The first-order valence-corrected chi connectivity index (χ1v) is 8.33. The monoisotopic (exact) mass is 303 g/mol. The van der Waals surface area contributed by atoms with Crippen LogP contribution in [-0.2, 0) is 9.53 Å². The molecule has 5 heteroatoms. The average molecular weight is 303 g/mol. The zero-order chi connectivity index (χ0) is 15.3. The molecule has 1 aromatic heterocycles. The molecule has 0 bridgehead atoms. The SMILES string of the molecule is O=C(CNc1ccncc1)NC1CCOC2(CCCCC2)C1.